The Morgan fingerprint density at radius 2 is 1.78 bits per heavy atom. The van der Waals surface area contributed by atoms with Gasteiger partial charge in [0.25, 0.3) is 10.0 Å². The highest BCUT2D eigenvalue weighted by atomic mass is 35.5. The van der Waals surface area contributed by atoms with Gasteiger partial charge in [-0.05, 0) is 29.8 Å². The Kier molecular flexibility index (Phi) is 3.69. The minimum atomic E-state index is -3.99. The predicted molar refractivity (Wildman–Crippen MR) is 86.1 cm³/mol. The molecule has 120 valence electrons. The molecule has 0 radical (unpaired) electrons. The molecule has 6 nitrogen and oxygen atoms in total. The SMILES string of the molecule is CN1C(=O)N(Cc2ccc(Cl)cc2)S(=O)(=O)c2ccc(O)cc21. The quantitative estimate of drug-likeness (QED) is 0.901. The Labute approximate surface area is 138 Å². The number of amides is 2. The molecular formula is C15H13ClN2O4S. The zero-order chi connectivity index (χ0) is 16.8. The van der Waals surface area contributed by atoms with E-state index in [0.717, 1.165) is 4.31 Å². The largest absolute Gasteiger partial charge is 0.508 e. The Hall–Kier alpha value is -2.25. The van der Waals surface area contributed by atoms with Crippen molar-refractivity contribution in [2.24, 2.45) is 0 Å². The zero-order valence-electron chi connectivity index (χ0n) is 12.1. The Bertz CT molecular complexity index is 881. The number of rotatable bonds is 2. The van der Waals surface area contributed by atoms with Gasteiger partial charge in [0, 0.05) is 18.1 Å². The molecule has 0 aliphatic carbocycles. The molecule has 1 N–H and O–H groups in total. The molecule has 1 aliphatic heterocycles. The topological polar surface area (TPSA) is 77.9 Å². The highest BCUT2D eigenvalue weighted by Crippen LogP contribution is 2.36. The van der Waals surface area contributed by atoms with E-state index < -0.39 is 16.1 Å². The fourth-order valence-corrected chi connectivity index (χ4v) is 4.10. The number of hydrogen-bond donors (Lipinski definition) is 1. The maximum atomic E-state index is 12.7. The van der Waals surface area contributed by atoms with E-state index in [1.165, 1.54) is 30.1 Å². The molecule has 3 rings (SSSR count). The van der Waals surface area contributed by atoms with Crippen molar-refractivity contribution in [1.29, 1.82) is 0 Å². The number of carbonyl (C=O) groups is 1. The molecule has 2 aromatic rings. The molecule has 2 amide bonds. The average Bonchev–Trinajstić information content (AvgIpc) is 2.51. The molecule has 0 saturated heterocycles. The van der Waals surface area contributed by atoms with Crippen molar-refractivity contribution in [2.75, 3.05) is 11.9 Å². The zero-order valence-corrected chi connectivity index (χ0v) is 13.7. The molecule has 0 atom stereocenters. The van der Waals surface area contributed by atoms with Crippen LogP contribution >= 0.6 is 11.6 Å². The molecule has 0 spiro atoms. The third-order valence-corrected chi connectivity index (χ3v) is 5.63. The number of anilines is 1. The van der Waals surface area contributed by atoms with Crippen molar-refractivity contribution < 1.29 is 18.3 Å². The number of sulfonamides is 1. The Morgan fingerprint density at radius 3 is 2.43 bits per heavy atom. The number of benzene rings is 2. The number of phenolic OH excluding ortho intramolecular Hbond substituents is 1. The second-order valence-corrected chi connectivity index (χ2v) is 7.40. The minimum Gasteiger partial charge on any atom is -0.508 e. The van der Waals surface area contributed by atoms with Crippen LogP contribution in [0.1, 0.15) is 5.56 Å². The van der Waals surface area contributed by atoms with Crippen LogP contribution in [0.4, 0.5) is 10.5 Å². The van der Waals surface area contributed by atoms with Crippen LogP contribution in [0.2, 0.25) is 5.02 Å². The summed E-state index contributed by atoms with van der Waals surface area (Å²) in [6, 6.07) is 9.73. The standard InChI is InChI=1S/C15H13ClN2O4S/c1-17-13-8-12(19)6-7-14(13)23(21,22)18(15(17)20)9-10-2-4-11(16)5-3-10/h2-8,19H,9H2,1H3. The van der Waals surface area contributed by atoms with Crippen LogP contribution in [0, 0.1) is 0 Å². The van der Waals surface area contributed by atoms with Crippen LogP contribution in [-0.2, 0) is 16.6 Å². The summed E-state index contributed by atoms with van der Waals surface area (Å²) in [6.45, 7) is -0.0943. The van der Waals surface area contributed by atoms with Crippen molar-refractivity contribution in [3.63, 3.8) is 0 Å². The first-order chi connectivity index (χ1) is 10.8. The summed E-state index contributed by atoms with van der Waals surface area (Å²) < 4.78 is 26.2. The van der Waals surface area contributed by atoms with E-state index in [4.69, 9.17) is 11.6 Å². The van der Waals surface area contributed by atoms with E-state index in [-0.39, 0.29) is 22.9 Å². The van der Waals surface area contributed by atoms with Crippen molar-refractivity contribution in [1.82, 2.24) is 4.31 Å². The molecule has 0 fully saturated rings. The van der Waals surface area contributed by atoms with Gasteiger partial charge in [-0.2, -0.15) is 0 Å². The van der Waals surface area contributed by atoms with Gasteiger partial charge in [0.1, 0.15) is 10.6 Å². The molecular weight excluding hydrogens is 340 g/mol. The second kappa shape index (κ2) is 5.43. The molecule has 0 unspecified atom stereocenters. The number of nitrogens with zero attached hydrogens (tertiary/aromatic N) is 2. The first kappa shape index (κ1) is 15.6. The van der Waals surface area contributed by atoms with E-state index in [9.17, 15) is 18.3 Å². The number of carbonyl (C=O) groups excluding carboxylic acids is 1. The lowest BCUT2D eigenvalue weighted by atomic mass is 10.2. The summed E-state index contributed by atoms with van der Waals surface area (Å²) in [5.41, 5.74) is 0.796. The van der Waals surface area contributed by atoms with Gasteiger partial charge in [-0.25, -0.2) is 17.5 Å². The highest BCUT2D eigenvalue weighted by molar-refractivity contribution is 7.90. The van der Waals surface area contributed by atoms with Gasteiger partial charge in [0.2, 0.25) is 0 Å². The number of phenols is 1. The van der Waals surface area contributed by atoms with Crippen LogP contribution in [0.3, 0.4) is 0 Å². The van der Waals surface area contributed by atoms with E-state index in [1.807, 2.05) is 0 Å². The van der Waals surface area contributed by atoms with E-state index in [1.54, 1.807) is 24.3 Å². The number of urea groups is 1. The van der Waals surface area contributed by atoms with Crippen molar-refractivity contribution in [2.45, 2.75) is 11.4 Å². The summed E-state index contributed by atoms with van der Waals surface area (Å²) >= 11 is 5.81. The maximum absolute atomic E-state index is 12.7. The summed E-state index contributed by atoms with van der Waals surface area (Å²) in [6.07, 6.45) is 0. The summed E-state index contributed by atoms with van der Waals surface area (Å²) in [5.74, 6) is -0.107. The lowest BCUT2D eigenvalue weighted by molar-refractivity contribution is 0.228. The maximum Gasteiger partial charge on any atom is 0.338 e. The number of fused-ring (bicyclic) bond motifs is 1. The number of halogens is 1. The number of hydrogen-bond acceptors (Lipinski definition) is 4. The van der Waals surface area contributed by atoms with Crippen molar-refractivity contribution >= 4 is 33.3 Å². The second-order valence-electron chi connectivity index (χ2n) is 5.13. The molecule has 0 bridgehead atoms. The molecule has 23 heavy (non-hydrogen) atoms. The van der Waals surface area contributed by atoms with Gasteiger partial charge in [-0.3, -0.25) is 4.90 Å². The fourth-order valence-electron chi connectivity index (χ4n) is 2.39. The van der Waals surface area contributed by atoms with Gasteiger partial charge < -0.3 is 5.11 Å². The van der Waals surface area contributed by atoms with Crippen molar-refractivity contribution in [3.8, 4) is 5.75 Å². The smallest absolute Gasteiger partial charge is 0.338 e. The van der Waals surface area contributed by atoms with Crippen LogP contribution in [-0.4, -0.2) is 30.9 Å². The van der Waals surface area contributed by atoms with E-state index in [0.29, 0.717) is 10.6 Å². The van der Waals surface area contributed by atoms with E-state index in [2.05, 4.69) is 0 Å². The van der Waals surface area contributed by atoms with Gasteiger partial charge in [-0.15, -0.1) is 0 Å². The molecule has 8 heteroatoms. The third kappa shape index (κ3) is 2.62. The molecule has 0 aromatic heterocycles. The monoisotopic (exact) mass is 352 g/mol. The summed E-state index contributed by atoms with van der Waals surface area (Å²) in [4.78, 5) is 13.6. The first-order valence-electron chi connectivity index (χ1n) is 6.68. The molecule has 1 heterocycles. The lowest BCUT2D eigenvalue weighted by Crippen LogP contribution is -2.48. The Morgan fingerprint density at radius 1 is 1.13 bits per heavy atom. The molecule has 0 saturated carbocycles. The fraction of sp³-hybridized carbons (Fsp3) is 0.133. The highest BCUT2D eigenvalue weighted by Gasteiger charge is 2.40. The Balaban J connectivity index is 2.06. The third-order valence-electron chi connectivity index (χ3n) is 3.61. The normalized spacial score (nSPS) is 16.3. The summed E-state index contributed by atoms with van der Waals surface area (Å²) in [7, 11) is -2.53. The van der Waals surface area contributed by atoms with Crippen LogP contribution in [0.25, 0.3) is 0 Å². The first-order valence-corrected chi connectivity index (χ1v) is 8.50. The van der Waals surface area contributed by atoms with E-state index >= 15 is 0 Å². The van der Waals surface area contributed by atoms with Gasteiger partial charge in [0.05, 0.1) is 12.2 Å². The minimum absolute atomic E-state index is 0.0219. The van der Waals surface area contributed by atoms with Crippen LogP contribution in [0.5, 0.6) is 5.75 Å². The number of aromatic hydroxyl groups is 1. The predicted octanol–water partition coefficient (Wildman–Crippen LogP) is 2.81. The van der Waals surface area contributed by atoms with Gasteiger partial charge >= 0.3 is 6.03 Å². The molecule has 2 aromatic carbocycles. The lowest BCUT2D eigenvalue weighted by Gasteiger charge is -2.34. The molecule has 1 aliphatic rings. The van der Waals surface area contributed by atoms with Gasteiger partial charge in [-0.1, -0.05) is 23.7 Å². The summed E-state index contributed by atoms with van der Waals surface area (Å²) in [5, 5.41) is 10.1. The average molecular weight is 353 g/mol. The van der Waals surface area contributed by atoms with Gasteiger partial charge in [0.15, 0.2) is 0 Å². The van der Waals surface area contributed by atoms with Crippen molar-refractivity contribution in [3.05, 3.63) is 53.1 Å². The van der Waals surface area contributed by atoms with Crippen LogP contribution in [0.15, 0.2) is 47.4 Å². The van der Waals surface area contributed by atoms with Crippen LogP contribution < -0.4 is 4.90 Å².